The zero-order valence-electron chi connectivity index (χ0n) is 11.2. The van der Waals surface area contributed by atoms with Gasteiger partial charge in [0.05, 0.1) is 23.7 Å². The van der Waals surface area contributed by atoms with E-state index in [1.807, 2.05) is 12.3 Å². The van der Waals surface area contributed by atoms with Gasteiger partial charge in [-0.3, -0.25) is 4.98 Å². The van der Waals surface area contributed by atoms with Crippen LogP contribution >= 0.6 is 0 Å². The maximum atomic E-state index is 9.73. The Bertz CT molecular complexity index is 379. The Hall–Kier alpha value is -1.13. The first-order valence-electron chi connectivity index (χ1n) is 6.76. The molecule has 4 nitrogen and oxygen atoms in total. The maximum Gasteiger partial charge on any atom is 0.0599 e. The Morgan fingerprint density at radius 1 is 1.56 bits per heavy atom. The van der Waals surface area contributed by atoms with E-state index in [0.29, 0.717) is 5.92 Å². The van der Waals surface area contributed by atoms with E-state index in [0.717, 1.165) is 37.3 Å². The minimum absolute atomic E-state index is 0.0288. The number of nitrogens with zero attached hydrogens (tertiary/aromatic N) is 2. The Labute approximate surface area is 109 Å². The number of rotatable bonds is 3. The molecule has 18 heavy (non-hydrogen) atoms. The Morgan fingerprint density at radius 2 is 2.33 bits per heavy atom. The molecule has 0 aliphatic carbocycles. The molecule has 0 aromatic carbocycles. The Morgan fingerprint density at radius 3 is 2.89 bits per heavy atom. The molecule has 1 aromatic heterocycles. The van der Waals surface area contributed by atoms with Gasteiger partial charge >= 0.3 is 0 Å². The lowest BCUT2D eigenvalue weighted by Crippen LogP contribution is -2.42. The van der Waals surface area contributed by atoms with E-state index in [4.69, 9.17) is 5.73 Å². The summed E-state index contributed by atoms with van der Waals surface area (Å²) in [4.78, 5) is 6.72. The van der Waals surface area contributed by atoms with Gasteiger partial charge in [-0.2, -0.15) is 0 Å². The highest BCUT2D eigenvalue weighted by Crippen LogP contribution is 2.23. The number of aliphatic hydroxyl groups is 1. The van der Waals surface area contributed by atoms with Gasteiger partial charge < -0.3 is 15.7 Å². The normalized spacial score (nSPS) is 26.1. The molecule has 1 saturated heterocycles. The number of aliphatic hydroxyl groups excluding tert-OH is 1. The van der Waals surface area contributed by atoms with Gasteiger partial charge in [0.2, 0.25) is 0 Å². The number of hydrogen-bond acceptors (Lipinski definition) is 4. The predicted octanol–water partition coefficient (Wildman–Crippen LogP) is 1.70. The molecule has 100 valence electrons. The van der Waals surface area contributed by atoms with E-state index < -0.39 is 0 Å². The van der Waals surface area contributed by atoms with Crippen molar-refractivity contribution in [1.82, 2.24) is 4.98 Å². The fourth-order valence-corrected chi connectivity index (χ4v) is 2.38. The minimum atomic E-state index is -0.165. The third-order valence-corrected chi connectivity index (χ3v) is 3.82. The number of piperidine rings is 1. The third kappa shape index (κ3) is 2.82. The quantitative estimate of drug-likeness (QED) is 0.856. The highest BCUT2D eigenvalue weighted by molar-refractivity contribution is 5.45. The van der Waals surface area contributed by atoms with Crippen molar-refractivity contribution in [2.75, 3.05) is 18.0 Å². The number of nitrogens with two attached hydrogens (primary N) is 1. The number of pyridine rings is 1. The summed E-state index contributed by atoms with van der Waals surface area (Å²) in [6, 6.07) is 4.13. The third-order valence-electron chi connectivity index (χ3n) is 3.82. The summed E-state index contributed by atoms with van der Waals surface area (Å²) in [5, 5.41) is 9.73. The molecular formula is C14H23N3O. The van der Waals surface area contributed by atoms with Crippen LogP contribution in [0.4, 0.5) is 5.69 Å². The van der Waals surface area contributed by atoms with Crippen molar-refractivity contribution in [3.63, 3.8) is 0 Å². The minimum Gasteiger partial charge on any atom is -0.393 e. The summed E-state index contributed by atoms with van der Waals surface area (Å²) in [6.07, 6.45) is 3.47. The summed E-state index contributed by atoms with van der Waals surface area (Å²) in [6.45, 7) is 5.94. The summed E-state index contributed by atoms with van der Waals surface area (Å²) in [7, 11) is 0. The average Bonchev–Trinajstić information content (AvgIpc) is 2.41. The fourth-order valence-electron chi connectivity index (χ4n) is 2.38. The predicted molar refractivity (Wildman–Crippen MR) is 73.5 cm³/mol. The lowest BCUT2D eigenvalue weighted by molar-refractivity contribution is 0.0971. The van der Waals surface area contributed by atoms with Crippen molar-refractivity contribution < 1.29 is 5.11 Å². The van der Waals surface area contributed by atoms with Crippen LogP contribution in [0.25, 0.3) is 0 Å². The van der Waals surface area contributed by atoms with Crippen LogP contribution in [0.3, 0.4) is 0 Å². The molecule has 0 saturated carbocycles. The molecule has 0 amide bonds. The van der Waals surface area contributed by atoms with Crippen LogP contribution in [0.15, 0.2) is 18.3 Å². The van der Waals surface area contributed by atoms with E-state index in [9.17, 15) is 5.11 Å². The first-order valence-corrected chi connectivity index (χ1v) is 6.76. The molecule has 1 aliphatic rings. The maximum absolute atomic E-state index is 9.73. The molecule has 0 spiro atoms. The number of anilines is 1. The highest BCUT2D eigenvalue weighted by Gasteiger charge is 2.24. The van der Waals surface area contributed by atoms with Crippen LogP contribution in [-0.2, 0) is 0 Å². The van der Waals surface area contributed by atoms with Crippen LogP contribution in [0.1, 0.15) is 38.4 Å². The van der Waals surface area contributed by atoms with Gasteiger partial charge in [-0.25, -0.2) is 0 Å². The van der Waals surface area contributed by atoms with Crippen LogP contribution in [-0.4, -0.2) is 29.3 Å². The number of hydrogen-bond donors (Lipinski definition) is 2. The molecule has 2 heterocycles. The van der Waals surface area contributed by atoms with Crippen LogP contribution in [0.5, 0.6) is 0 Å². The molecular weight excluding hydrogens is 226 g/mol. The van der Waals surface area contributed by atoms with Crippen molar-refractivity contribution in [3.8, 4) is 0 Å². The first kappa shape index (κ1) is 13.3. The molecule has 3 N–H and O–H groups in total. The summed E-state index contributed by atoms with van der Waals surface area (Å²) in [5.41, 5.74) is 8.03. The van der Waals surface area contributed by atoms with Crippen molar-refractivity contribution in [2.45, 2.75) is 38.8 Å². The van der Waals surface area contributed by atoms with Crippen molar-refractivity contribution in [1.29, 1.82) is 0 Å². The fraction of sp³-hybridized carbons (Fsp3) is 0.643. The van der Waals surface area contributed by atoms with E-state index in [-0.39, 0.29) is 12.1 Å². The van der Waals surface area contributed by atoms with E-state index in [2.05, 4.69) is 29.8 Å². The van der Waals surface area contributed by atoms with Crippen LogP contribution in [0.2, 0.25) is 0 Å². The van der Waals surface area contributed by atoms with Gasteiger partial charge in [-0.1, -0.05) is 13.8 Å². The molecule has 0 radical (unpaired) electrons. The van der Waals surface area contributed by atoms with Gasteiger partial charge in [0.15, 0.2) is 0 Å². The van der Waals surface area contributed by atoms with Gasteiger partial charge in [0.25, 0.3) is 0 Å². The zero-order valence-corrected chi connectivity index (χ0v) is 11.2. The zero-order chi connectivity index (χ0) is 13.1. The lowest BCUT2D eigenvalue weighted by atomic mass is 9.96. The Kier molecular flexibility index (Phi) is 4.19. The second-order valence-electron chi connectivity index (χ2n) is 5.24. The smallest absolute Gasteiger partial charge is 0.0599 e. The van der Waals surface area contributed by atoms with E-state index in [1.165, 1.54) is 0 Å². The van der Waals surface area contributed by atoms with Gasteiger partial charge in [-0.15, -0.1) is 0 Å². The largest absolute Gasteiger partial charge is 0.393 e. The second kappa shape index (κ2) is 5.67. The monoisotopic (exact) mass is 249 g/mol. The molecule has 2 unspecified atom stereocenters. The second-order valence-corrected chi connectivity index (χ2v) is 5.24. The molecule has 1 fully saturated rings. The van der Waals surface area contributed by atoms with Gasteiger partial charge in [-0.05, 0) is 30.9 Å². The van der Waals surface area contributed by atoms with E-state index in [1.54, 1.807) is 0 Å². The highest BCUT2D eigenvalue weighted by atomic mass is 16.3. The SMILES string of the molecule is CC[C@H](N)c1ccc(N2CCC(O)C(C)C2)cn1. The topological polar surface area (TPSA) is 62.4 Å². The lowest BCUT2D eigenvalue weighted by Gasteiger charge is -2.35. The van der Waals surface area contributed by atoms with Crippen molar-refractivity contribution in [2.24, 2.45) is 11.7 Å². The summed E-state index contributed by atoms with van der Waals surface area (Å²) < 4.78 is 0. The number of aromatic nitrogens is 1. The van der Waals surface area contributed by atoms with Crippen molar-refractivity contribution in [3.05, 3.63) is 24.0 Å². The molecule has 1 aromatic rings. The average molecular weight is 249 g/mol. The van der Waals surface area contributed by atoms with E-state index >= 15 is 0 Å². The standard InChI is InChI=1S/C14H23N3O/c1-3-12(15)13-5-4-11(8-16-13)17-7-6-14(18)10(2)9-17/h4-5,8,10,12,14,18H,3,6-7,9,15H2,1-2H3/t10?,12-,14?/m0/s1. The molecule has 3 atom stereocenters. The molecule has 4 heteroatoms. The molecule has 1 aliphatic heterocycles. The summed E-state index contributed by atoms with van der Waals surface area (Å²) >= 11 is 0. The Balaban J connectivity index is 2.06. The van der Waals surface area contributed by atoms with Gasteiger partial charge in [0, 0.05) is 19.1 Å². The van der Waals surface area contributed by atoms with Crippen LogP contribution < -0.4 is 10.6 Å². The van der Waals surface area contributed by atoms with Crippen LogP contribution in [0, 0.1) is 5.92 Å². The molecule has 0 bridgehead atoms. The molecule has 2 rings (SSSR count). The summed E-state index contributed by atoms with van der Waals surface area (Å²) in [5.74, 6) is 0.316. The van der Waals surface area contributed by atoms with Gasteiger partial charge in [0.1, 0.15) is 0 Å². The van der Waals surface area contributed by atoms with Crippen molar-refractivity contribution >= 4 is 5.69 Å². The first-order chi connectivity index (χ1) is 8.61.